The third kappa shape index (κ3) is 7.93. The second kappa shape index (κ2) is 14.8. The lowest BCUT2D eigenvalue weighted by atomic mass is 9.75. The Hall–Kier alpha value is -2.74. The van der Waals surface area contributed by atoms with Crippen LogP contribution in [-0.2, 0) is 4.79 Å². The summed E-state index contributed by atoms with van der Waals surface area (Å²) in [6, 6.07) is 11.0. The molecule has 8 heteroatoms. The van der Waals surface area contributed by atoms with Crippen molar-refractivity contribution in [2.45, 2.75) is 89.3 Å². The summed E-state index contributed by atoms with van der Waals surface area (Å²) >= 11 is 3.44. The van der Waals surface area contributed by atoms with Crippen molar-refractivity contribution in [1.29, 1.82) is 0 Å². The summed E-state index contributed by atoms with van der Waals surface area (Å²) in [5, 5.41) is 9.43. The van der Waals surface area contributed by atoms with Crippen LogP contribution in [-0.4, -0.2) is 43.3 Å². The number of aliphatic carboxylic acids is 1. The van der Waals surface area contributed by atoms with Crippen LogP contribution < -0.4 is 18.9 Å². The molecule has 0 heterocycles. The van der Waals surface area contributed by atoms with Gasteiger partial charge in [0.1, 0.15) is 0 Å². The number of ketones is 1. The summed E-state index contributed by atoms with van der Waals surface area (Å²) in [7, 11) is 3.25. The van der Waals surface area contributed by atoms with Gasteiger partial charge in [0.25, 0.3) is 0 Å². The smallest absolute Gasteiger partial charge is 0.307 e. The molecule has 0 amide bonds. The highest BCUT2D eigenvalue weighted by molar-refractivity contribution is 9.10. The van der Waals surface area contributed by atoms with Gasteiger partial charge in [-0.25, -0.2) is 0 Å². The fourth-order valence-corrected chi connectivity index (χ4v) is 6.33. The summed E-state index contributed by atoms with van der Waals surface area (Å²) in [4.78, 5) is 24.4. The van der Waals surface area contributed by atoms with Crippen LogP contribution in [0.4, 0.5) is 0 Å². The van der Waals surface area contributed by atoms with E-state index in [0.717, 1.165) is 67.3 Å². The zero-order valence-electron chi connectivity index (χ0n) is 23.5. The predicted octanol–water partition coefficient (Wildman–Crippen LogP) is 7.87. The van der Waals surface area contributed by atoms with Gasteiger partial charge in [-0.05, 0) is 101 Å². The molecule has 1 N–H and O–H groups in total. The van der Waals surface area contributed by atoms with Crippen LogP contribution in [0.2, 0.25) is 0 Å². The molecular weight excluding hydrogens is 576 g/mol. The molecule has 7 nitrogen and oxygen atoms in total. The van der Waals surface area contributed by atoms with Crippen molar-refractivity contribution in [3.8, 4) is 23.0 Å². The summed E-state index contributed by atoms with van der Waals surface area (Å²) in [6.45, 7) is 0. The zero-order chi connectivity index (χ0) is 28.5. The van der Waals surface area contributed by atoms with Gasteiger partial charge in [-0.2, -0.15) is 0 Å². The molecule has 0 radical (unpaired) electrons. The lowest BCUT2D eigenvalue weighted by Crippen LogP contribution is -2.32. The number of carboxylic acids is 1. The maximum Gasteiger partial charge on any atom is 0.307 e. The molecule has 0 spiro atoms. The molecule has 3 aliphatic carbocycles. The molecule has 2 aromatic carbocycles. The Morgan fingerprint density at radius 3 is 1.68 bits per heavy atom. The van der Waals surface area contributed by atoms with Crippen molar-refractivity contribution in [3.05, 3.63) is 46.4 Å². The van der Waals surface area contributed by atoms with Gasteiger partial charge >= 0.3 is 5.97 Å². The van der Waals surface area contributed by atoms with E-state index in [0.29, 0.717) is 36.0 Å². The second-order valence-electron chi connectivity index (χ2n) is 10.9. The Kier molecular flexibility index (Phi) is 11.2. The van der Waals surface area contributed by atoms with Crippen molar-refractivity contribution >= 4 is 27.7 Å². The average molecular weight is 618 g/mol. The van der Waals surface area contributed by atoms with Gasteiger partial charge < -0.3 is 24.1 Å². The molecule has 0 unspecified atom stereocenters. The first kappa shape index (κ1) is 30.2. The molecule has 3 aliphatic rings. The van der Waals surface area contributed by atoms with Crippen molar-refractivity contribution in [3.63, 3.8) is 0 Å². The number of Topliss-reactive ketones (excluding diaryl/α,β-unsaturated/α-hetero) is 1. The molecule has 2 atom stereocenters. The number of halogens is 1. The largest absolute Gasteiger partial charge is 0.493 e. The molecule has 218 valence electrons. The normalized spacial score (nSPS) is 21.3. The standard InChI is InChI=1S/C20H26O5.C12H15BrO2/c1-24-17-11-10-13(12-18(17)25-14-6-2-3-7-14)19(21)15-8-4-5-9-16(15)20(22)23;1-14-11-7-6-9(13)8-12(11)15-10-4-2-3-5-10/h10-12,14-16H,2-9H2,1H3,(H,22,23);6-8,10H,2-5H2,1H3/t15-,16+;/m0./s1. The quantitative estimate of drug-likeness (QED) is 0.287. The minimum Gasteiger partial charge on any atom is -0.493 e. The Labute approximate surface area is 245 Å². The number of carboxylic acid groups (broad SMARTS) is 1. The Morgan fingerprint density at radius 1 is 0.675 bits per heavy atom. The number of rotatable bonds is 9. The molecule has 0 saturated heterocycles. The zero-order valence-corrected chi connectivity index (χ0v) is 25.1. The molecule has 0 bridgehead atoms. The maximum atomic E-state index is 12.9. The number of ether oxygens (including phenoxy) is 4. The topological polar surface area (TPSA) is 91.3 Å². The highest BCUT2D eigenvalue weighted by Crippen LogP contribution is 2.37. The van der Waals surface area contributed by atoms with Crippen molar-refractivity contribution in [1.82, 2.24) is 0 Å². The SMILES string of the molecule is COc1ccc(Br)cc1OC1CCCC1.COc1ccc(C(=O)[C@H]2CCCC[C@H]2C(=O)O)cc1OC1CCCC1. The average Bonchev–Trinajstić information content (AvgIpc) is 3.68. The van der Waals surface area contributed by atoms with Crippen molar-refractivity contribution in [2.75, 3.05) is 14.2 Å². The van der Waals surface area contributed by atoms with Crippen molar-refractivity contribution < 1.29 is 33.6 Å². The van der Waals surface area contributed by atoms with E-state index < -0.39 is 17.8 Å². The van der Waals surface area contributed by atoms with Crippen LogP contribution in [0.1, 0.15) is 87.4 Å². The molecule has 3 saturated carbocycles. The molecular formula is C32H41BrO7. The van der Waals surface area contributed by atoms with E-state index >= 15 is 0 Å². The minimum absolute atomic E-state index is 0.0916. The lowest BCUT2D eigenvalue weighted by Gasteiger charge is -2.27. The van der Waals surface area contributed by atoms with E-state index in [2.05, 4.69) is 15.9 Å². The number of methoxy groups -OCH3 is 2. The summed E-state index contributed by atoms with van der Waals surface area (Å²) < 4.78 is 23.6. The van der Waals surface area contributed by atoms with Gasteiger partial charge in [0, 0.05) is 16.0 Å². The van der Waals surface area contributed by atoms with E-state index in [1.165, 1.54) is 12.8 Å². The van der Waals surface area contributed by atoms with E-state index in [1.807, 2.05) is 18.2 Å². The summed E-state index contributed by atoms with van der Waals surface area (Å²) in [6.07, 6.45) is 12.8. The monoisotopic (exact) mass is 616 g/mol. The second-order valence-corrected chi connectivity index (χ2v) is 11.8. The van der Waals surface area contributed by atoms with Crippen LogP contribution in [0.5, 0.6) is 23.0 Å². The number of hydrogen-bond donors (Lipinski definition) is 1. The molecule has 5 rings (SSSR count). The van der Waals surface area contributed by atoms with Crippen molar-refractivity contribution in [2.24, 2.45) is 11.8 Å². The summed E-state index contributed by atoms with van der Waals surface area (Å²) in [5.41, 5.74) is 0.520. The molecule has 2 aromatic rings. The van der Waals surface area contributed by atoms with Gasteiger partial charge in [-0.3, -0.25) is 9.59 Å². The first-order valence-corrected chi connectivity index (χ1v) is 15.3. The van der Waals surface area contributed by atoms with Crippen LogP contribution in [0, 0.1) is 11.8 Å². The first-order valence-electron chi connectivity index (χ1n) is 14.5. The fraction of sp³-hybridized carbons (Fsp3) is 0.562. The van der Waals surface area contributed by atoms with Crippen LogP contribution in [0.15, 0.2) is 40.9 Å². The lowest BCUT2D eigenvalue weighted by molar-refractivity contribution is -0.144. The van der Waals surface area contributed by atoms with Crippen LogP contribution in [0.25, 0.3) is 0 Å². The van der Waals surface area contributed by atoms with Gasteiger partial charge in [0.15, 0.2) is 28.8 Å². The number of benzene rings is 2. The maximum absolute atomic E-state index is 12.9. The fourth-order valence-electron chi connectivity index (χ4n) is 5.99. The van der Waals surface area contributed by atoms with Gasteiger partial charge in [-0.15, -0.1) is 0 Å². The highest BCUT2D eigenvalue weighted by atomic mass is 79.9. The Morgan fingerprint density at radius 2 is 1.15 bits per heavy atom. The van der Waals surface area contributed by atoms with Crippen LogP contribution in [0.3, 0.4) is 0 Å². The number of carbonyl (C=O) groups is 2. The third-order valence-electron chi connectivity index (χ3n) is 8.19. The Bertz CT molecular complexity index is 1140. The van der Waals surface area contributed by atoms with E-state index in [-0.39, 0.29) is 11.9 Å². The summed E-state index contributed by atoms with van der Waals surface area (Å²) in [5.74, 6) is 0.871. The molecule has 40 heavy (non-hydrogen) atoms. The van der Waals surface area contributed by atoms with Crippen LogP contribution >= 0.6 is 15.9 Å². The van der Waals surface area contributed by atoms with Gasteiger partial charge in [-0.1, -0.05) is 28.8 Å². The van der Waals surface area contributed by atoms with E-state index in [1.54, 1.807) is 32.4 Å². The highest BCUT2D eigenvalue weighted by Gasteiger charge is 2.36. The first-order chi connectivity index (χ1) is 19.4. The number of carbonyl (C=O) groups excluding carboxylic acids is 1. The molecule has 0 aromatic heterocycles. The van der Waals surface area contributed by atoms with E-state index in [9.17, 15) is 14.7 Å². The number of hydrogen-bond acceptors (Lipinski definition) is 6. The van der Waals surface area contributed by atoms with Gasteiger partial charge in [0.05, 0.1) is 32.3 Å². The predicted molar refractivity (Wildman–Crippen MR) is 157 cm³/mol. The molecule has 3 fully saturated rings. The molecule has 0 aliphatic heterocycles. The van der Waals surface area contributed by atoms with Gasteiger partial charge in [0.2, 0.25) is 0 Å². The minimum atomic E-state index is -0.867. The Balaban J connectivity index is 0.000000210. The third-order valence-corrected chi connectivity index (χ3v) is 8.68. The van der Waals surface area contributed by atoms with E-state index in [4.69, 9.17) is 18.9 Å².